The minimum Gasteiger partial charge on any atom is -0.481 e. The maximum absolute atomic E-state index is 12.8. The maximum Gasteiger partial charge on any atom is 0.339 e. The van der Waals surface area contributed by atoms with Crippen LogP contribution in [-0.2, 0) is 19.1 Å². The first-order chi connectivity index (χ1) is 18.7. The minimum atomic E-state index is -2.57. The number of rotatable bonds is 11. The van der Waals surface area contributed by atoms with Crippen molar-refractivity contribution in [1.29, 1.82) is 0 Å². The second-order valence-corrected chi connectivity index (χ2v) is 14.7. The maximum atomic E-state index is 12.8. The Kier molecular flexibility index (Phi) is 9.14. The van der Waals surface area contributed by atoms with Crippen LogP contribution in [0.15, 0.2) is 11.6 Å². The zero-order valence-corrected chi connectivity index (χ0v) is 25.3. The van der Waals surface area contributed by atoms with Gasteiger partial charge in [-0.25, -0.2) is 4.79 Å². The predicted molar refractivity (Wildman–Crippen MR) is 152 cm³/mol. The molecule has 4 aliphatic rings. The summed E-state index contributed by atoms with van der Waals surface area (Å²) in [7, 11) is 0. The average Bonchev–Trinajstić information content (AvgIpc) is 3.20. The smallest absolute Gasteiger partial charge is 0.339 e. The van der Waals surface area contributed by atoms with E-state index in [2.05, 4.69) is 40.7 Å². The molecule has 0 aromatic rings. The van der Waals surface area contributed by atoms with Crippen molar-refractivity contribution in [2.24, 2.45) is 46.3 Å². The Morgan fingerprint density at radius 1 is 0.975 bits per heavy atom. The fourth-order valence-electron chi connectivity index (χ4n) is 9.72. The van der Waals surface area contributed by atoms with Crippen LogP contribution in [0.1, 0.15) is 118 Å². The molecule has 0 bridgehead atoms. The molecule has 7 nitrogen and oxygen atoms in total. The number of carbonyl (C=O) groups is 3. The molecule has 3 fully saturated rings. The highest BCUT2D eigenvalue weighted by Crippen LogP contribution is 2.67. The molecule has 226 valence electrons. The molecular weight excluding hydrogens is 508 g/mol. The number of carboxylic acids is 2. The van der Waals surface area contributed by atoms with Crippen LogP contribution in [0.25, 0.3) is 0 Å². The quantitative estimate of drug-likeness (QED) is 0.192. The summed E-state index contributed by atoms with van der Waals surface area (Å²) in [5.41, 5.74) is -0.764. The van der Waals surface area contributed by atoms with Crippen molar-refractivity contribution in [3.63, 3.8) is 0 Å². The van der Waals surface area contributed by atoms with E-state index in [1.54, 1.807) is 0 Å². The summed E-state index contributed by atoms with van der Waals surface area (Å²) in [5.74, 6) is 0.407. The van der Waals surface area contributed by atoms with Crippen molar-refractivity contribution >= 4 is 17.9 Å². The molecule has 7 heteroatoms. The number of esters is 1. The molecule has 0 saturated heterocycles. The van der Waals surface area contributed by atoms with E-state index in [-0.39, 0.29) is 5.41 Å². The lowest BCUT2D eigenvalue weighted by molar-refractivity contribution is -0.181. The number of hydrogen-bond donors (Lipinski definition) is 3. The van der Waals surface area contributed by atoms with Crippen LogP contribution in [0.3, 0.4) is 0 Å². The van der Waals surface area contributed by atoms with Gasteiger partial charge in [-0.1, -0.05) is 65.5 Å². The molecular formula is C33H52O7. The molecule has 0 radical (unpaired) electrons. The third-order valence-corrected chi connectivity index (χ3v) is 11.8. The van der Waals surface area contributed by atoms with E-state index in [0.717, 1.165) is 36.5 Å². The van der Waals surface area contributed by atoms with Crippen LogP contribution in [0.4, 0.5) is 0 Å². The van der Waals surface area contributed by atoms with Gasteiger partial charge in [-0.2, -0.15) is 0 Å². The predicted octanol–water partition coefficient (Wildman–Crippen LogP) is 6.62. The van der Waals surface area contributed by atoms with E-state index < -0.39 is 42.5 Å². The van der Waals surface area contributed by atoms with Crippen LogP contribution >= 0.6 is 0 Å². The van der Waals surface area contributed by atoms with Gasteiger partial charge in [0.15, 0.2) is 5.60 Å². The van der Waals surface area contributed by atoms with Gasteiger partial charge in [0.25, 0.3) is 0 Å². The Morgan fingerprint density at radius 2 is 1.65 bits per heavy atom. The molecule has 0 aromatic heterocycles. The first kappa shape index (κ1) is 31.1. The summed E-state index contributed by atoms with van der Waals surface area (Å²) in [6, 6.07) is 0. The lowest BCUT2D eigenvalue weighted by atomic mass is 9.47. The Hall–Kier alpha value is -1.89. The van der Waals surface area contributed by atoms with Crippen molar-refractivity contribution in [2.45, 2.75) is 130 Å². The van der Waals surface area contributed by atoms with Gasteiger partial charge in [0, 0.05) is 6.42 Å². The number of hydrogen-bond acceptors (Lipinski definition) is 5. The van der Waals surface area contributed by atoms with Crippen molar-refractivity contribution in [3.8, 4) is 0 Å². The fourth-order valence-corrected chi connectivity index (χ4v) is 9.72. The van der Waals surface area contributed by atoms with Gasteiger partial charge in [-0.05, 0) is 91.3 Å². The van der Waals surface area contributed by atoms with Gasteiger partial charge in [0.2, 0.25) is 0 Å². The summed E-state index contributed by atoms with van der Waals surface area (Å²) in [6.45, 7) is 12.1. The molecule has 3 N–H and O–H groups in total. The van der Waals surface area contributed by atoms with Crippen molar-refractivity contribution in [2.75, 3.05) is 0 Å². The van der Waals surface area contributed by atoms with Crippen molar-refractivity contribution in [1.82, 2.24) is 0 Å². The van der Waals surface area contributed by atoms with Crippen LogP contribution in [0.2, 0.25) is 0 Å². The zero-order chi connectivity index (χ0) is 29.5. The Bertz CT molecular complexity index is 985. The van der Waals surface area contributed by atoms with E-state index in [1.165, 1.54) is 50.5 Å². The number of allylic oxidation sites excluding steroid dienone is 1. The van der Waals surface area contributed by atoms with Gasteiger partial charge in [-0.15, -0.1) is 0 Å². The molecule has 4 aliphatic carbocycles. The summed E-state index contributed by atoms with van der Waals surface area (Å²) in [6.07, 6.45) is 12.3. The number of aliphatic carboxylic acids is 2. The van der Waals surface area contributed by atoms with Crippen molar-refractivity contribution in [3.05, 3.63) is 11.6 Å². The summed E-state index contributed by atoms with van der Waals surface area (Å²) >= 11 is 0. The largest absolute Gasteiger partial charge is 0.481 e. The first-order valence-electron chi connectivity index (χ1n) is 15.8. The molecule has 4 rings (SSSR count). The highest BCUT2D eigenvalue weighted by atomic mass is 16.6. The van der Waals surface area contributed by atoms with Crippen molar-refractivity contribution < 1.29 is 34.4 Å². The molecule has 8 atom stereocenters. The zero-order valence-electron chi connectivity index (χ0n) is 25.3. The number of ether oxygens (including phenoxy) is 1. The lowest BCUT2D eigenvalue weighted by Crippen LogP contribution is -2.51. The molecule has 0 aromatic carbocycles. The van der Waals surface area contributed by atoms with Crippen LogP contribution in [-0.4, -0.2) is 44.9 Å². The number of carbonyl (C=O) groups excluding carboxylic acids is 1. The molecule has 0 amide bonds. The standard InChI is InChI=1S/C33H52O7/c1-20(2)7-6-8-21(3)25-11-12-26-24-10-9-22-17-23(13-15-31(22,4)27(24)14-16-32(25,26)5)40-30(38)33(39,18-28(34)35)19-29(36)37/h9,20-21,23-27,39H,6-8,10-19H2,1-5H3,(H,34,35)(H,36,37)/t21-,23+,24+,25-,26+,27+,31+,32-/m1/s1. The molecule has 0 spiro atoms. The van der Waals surface area contributed by atoms with E-state index in [4.69, 9.17) is 14.9 Å². The highest BCUT2D eigenvalue weighted by Gasteiger charge is 2.59. The summed E-state index contributed by atoms with van der Waals surface area (Å²) < 4.78 is 5.60. The normalized spacial score (nSPS) is 36.2. The van der Waals surface area contributed by atoms with Gasteiger partial charge in [0.05, 0.1) is 12.8 Å². The van der Waals surface area contributed by atoms with E-state index in [9.17, 15) is 19.5 Å². The number of carboxylic acid groups (broad SMARTS) is 2. The van der Waals surface area contributed by atoms with Crippen LogP contribution in [0, 0.1) is 46.3 Å². The number of aliphatic hydroxyl groups is 1. The second-order valence-electron chi connectivity index (χ2n) is 14.7. The SMILES string of the molecule is CC(C)CCC[C@@H](C)[C@H]1CC[C@H]2[C@@H]3CC=C4C[C@@H](OC(=O)C(O)(CC(=O)O)CC(=O)O)CC[C@]4(C)[C@H]3CC[C@]12C. The minimum absolute atomic E-state index is 0.0621. The van der Waals surface area contributed by atoms with E-state index in [1.807, 2.05) is 0 Å². The average molecular weight is 561 g/mol. The lowest BCUT2D eigenvalue weighted by Gasteiger charge is -2.58. The molecule has 3 saturated carbocycles. The Labute approximate surface area is 240 Å². The van der Waals surface area contributed by atoms with Gasteiger partial charge >= 0.3 is 17.9 Å². The first-order valence-corrected chi connectivity index (χ1v) is 15.8. The van der Waals surface area contributed by atoms with E-state index in [0.29, 0.717) is 30.1 Å². The fraction of sp³-hybridized carbons (Fsp3) is 0.848. The van der Waals surface area contributed by atoms with Crippen LogP contribution < -0.4 is 0 Å². The molecule has 40 heavy (non-hydrogen) atoms. The number of fused-ring (bicyclic) bond motifs is 5. The van der Waals surface area contributed by atoms with Gasteiger partial charge < -0.3 is 20.1 Å². The molecule has 0 unspecified atom stereocenters. The third-order valence-electron chi connectivity index (χ3n) is 11.8. The van der Waals surface area contributed by atoms with Gasteiger partial charge in [0.1, 0.15) is 6.10 Å². The van der Waals surface area contributed by atoms with E-state index >= 15 is 0 Å². The summed E-state index contributed by atoms with van der Waals surface area (Å²) in [5, 5.41) is 28.8. The van der Waals surface area contributed by atoms with Crippen LogP contribution in [0.5, 0.6) is 0 Å². The highest BCUT2D eigenvalue weighted by molar-refractivity contribution is 5.89. The Balaban J connectivity index is 1.43. The molecule has 0 aliphatic heterocycles. The topological polar surface area (TPSA) is 121 Å². The van der Waals surface area contributed by atoms with Gasteiger partial charge in [-0.3, -0.25) is 9.59 Å². The second kappa shape index (κ2) is 11.8. The Morgan fingerprint density at radius 3 is 2.27 bits per heavy atom. The summed E-state index contributed by atoms with van der Waals surface area (Å²) in [4.78, 5) is 35.2. The third kappa shape index (κ3) is 6.00. The molecule has 0 heterocycles. The monoisotopic (exact) mass is 560 g/mol.